The molecule has 4 rings (SSSR count). The Hall–Kier alpha value is -3.75. The lowest BCUT2D eigenvalue weighted by Crippen LogP contribution is -2.42. The number of carbonyl (C=O) groups excluding carboxylic acids is 1. The van der Waals surface area contributed by atoms with Gasteiger partial charge in [0, 0.05) is 23.6 Å². The Labute approximate surface area is 184 Å². The van der Waals surface area contributed by atoms with E-state index in [9.17, 15) is 13.6 Å². The van der Waals surface area contributed by atoms with Crippen LogP contribution < -0.4 is 15.0 Å². The molecule has 0 saturated heterocycles. The first-order valence-corrected chi connectivity index (χ1v) is 10.0. The van der Waals surface area contributed by atoms with E-state index in [0.717, 1.165) is 18.2 Å². The molecule has 0 saturated carbocycles. The minimum absolute atomic E-state index is 0.0414. The van der Waals surface area contributed by atoms with Gasteiger partial charge in [0.15, 0.2) is 11.6 Å². The molecular weight excluding hydrogens is 418 g/mol. The summed E-state index contributed by atoms with van der Waals surface area (Å²) in [4.78, 5) is 22.6. The van der Waals surface area contributed by atoms with E-state index in [1.165, 1.54) is 4.90 Å². The van der Waals surface area contributed by atoms with Gasteiger partial charge in [-0.1, -0.05) is 0 Å². The van der Waals surface area contributed by atoms with Gasteiger partial charge in [-0.25, -0.2) is 18.6 Å². The zero-order valence-electron chi connectivity index (χ0n) is 17.9. The summed E-state index contributed by atoms with van der Waals surface area (Å²) >= 11 is 0. The van der Waals surface area contributed by atoms with Crippen molar-refractivity contribution in [2.75, 3.05) is 23.4 Å². The number of fused-ring (bicyclic) bond motifs is 1. The lowest BCUT2D eigenvalue weighted by molar-refractivity contribution is 0.0566. The van der Waals surface area contributed by atoms with Crippen LogP contribution in [0.4, 0.5) is 30.8 Å². The summed E-state index contributed by atoms with van der Waals surface area (Å²) in [5.74, 6) is -0.790. The number of nitrogens with one attached hydrogen (secondary N) is 1. The molecule has 1 aliphatic rings. The van der Waals surface area contributed by atoms with Crippen LogP contribution >= 0.6 is 0 Å². The second-order valence-corrected chi connectivity index (χ2v) is 8.17. The maximum atomic E-state index is 14.6. The molecule has 1 aromatic carbocycles. The highest BCUT2D eigenvalue weighted by molar-refractivity contribution is 5.92. The van der Waals surface area contributed by atoms with Gasteiger partial charge in [-0.05, 0) is 57.2 Å². The summed E-state index contributed by atoms with van der Waals surface area (Å²) in [6.07, 6.45) is 2.61. The van der Waals surface area contributed by atoms with E-state index < -0.39 is 23.3 Å². The van der Waals surface area contributed by atoms with Crippen molar-refractivity contribution in [3.8, 4) is 17.0 Å². The third kappa shape index (κ3) is 4.61. The molecule has 0 radical (unpaired) electrons. The van der Waals surface area contributed by atoms with Gasteiger partial charge in [-0.2, -0.15) is 0 Å². The van der Waals surface area contributed by atoms with Crippen molar-refractivity contribution in [3.05, 3.63) is 60.4 Å². The topological polar surface area (TPSA) is 76.6 Å². The molecule has 2 aromatic heterocycles. The van der Waals surface area contributed by atoms with Crippen molar-refractivity contribution in [2.45, 2.75) is 26.4 Å². The summed E-state index contributed by atoms with van der Waals surface area (Å²) in [6, 6.07) is 8.15. The predicted molar refractivity (Wildman–Crippen MR) is 116 cm³/mol. The van der Waals surface area contributed by atoms with Crippen molar-refractivity contribution < 1.29 is 23.0 Å². The first kappa shape index (κ1) is 21.5. The molecule has 1 aliphatic heterocycles. The van der Waals surface area contributed by atoms with E-state index in [4.69, 9.17) is 9.47 Å². The normalized spacial score (nSPS) is 13.2. The van der Waals surface area contributed by atoms with E-state index in [2.05, 4.69) is 15.3 Å². The number of hydrogen-bond donors (Lipinski definition) is 1. The highest BCUT2D eigenvalue weighted by Gasteiger charge is 2.32. The Morgan fingerprint density at radius 1 is 1.16 bits per heavy atom. The highest BCUT2D eigenvalue weighted by Crippen LogP contribution is 2.42. The molecule has 1 N–H and O–H groups in total. The number of hydrogen-bond acceptors (Lipinski definition) is 6. The molecule has 0 aliphatic carbocycles. The Bertz CT molecular complexity index is 1150. The maximum absolute atomic E-state index is 14.6. The van der Waals surface area contributed by atoms with Gasteiger partial charge < -0.3 is 14.8 Å². The minimum atomic E-state index is -0.722. The fourth-order valence-corrected chi connectivity index (χ4v) is 3.20. The monoisotopic (exact) mass is 440 g/mol. The summed E-state index contributed by atoms with van der Waals surface area (Å²) in [6.45, 7) is 5.68. The average molecular weight is 440 g/mol. The molecule has 0 atom stereocenters. The fourth-order valence-electron chi connectivity index (χ4n) is 3.20. The molecule has 0 fully saturated rings. The van der Waals surface area contributed by atoms with Gasteiger partial charge in [-0.15, -0.1) is 0 Å². The van der Waals surface area contributed by atoms with Gasteiger partial charge >= 0.3 is 6.09 Å². The van der Waals surface area contributed by atoms with E-state index in [-0.39, 0.29) is 30.2 Å². The molecule has 32 heavy (non-hydrogen) atoms. The molecule has 9 heteroatoms. The first-order chi connectivity index (χ1) is 15.2. The Morgan fingerprint density at radius 2 is 1.91 bits per heavy atom. The molecule has 0 unspecified atom stereocenters. The first-order valence-electron chi connectivity index (χ1n) is 10.0. The average Bonchev–Trinajstić information content (AvgIpc) is 2.74. The van der Waals surface area contributed by atoms with Crippen LogP contribution in [0.3, 0.4) is 0 Å². The Morgan fingerprint density at radius 3 is 2.62 bits per heavy atom. The fraction of sp³-hybridized carbons (Fsp3) is 0.261. The van der Waals surface area contributed by atoms with E-state index >= 15 is 0 Å². The molecule has 166 valence electrons. The number of pyridine rings is 2. The number of ether oxygens (including phenoxy) is 2. The Kier molecular flexibility index (Phi) is 5.65. The SMILES string of the molecule is CC(C)(C)OC(=O)N1CCOc2c(Nc3ccncc3)cc(-c3cc(F)ccc3F)nc21. The van der Waals surface area contributed by atoms with Crippen molar-refractivity contribution in [1.82, 2.24) is 9.97 Å². The van der Waals surface area contributed by atoms with Crippen molar-refractivity contribution in [2.24, 2.45) is 0 Å². The smallest absolute Gasteiger partial charge is 0.416 e. The molecule has 1 amide bonds. The summed E-state index contributed by atoms with van der Waals surface area (Å²) in [5.41, 5.74) is 0.502. The molecule has 3 heterocycles. The lowest BCUT2D eigenvalue weighted by Gasteiger charge is -2.32. The third-order valence-corrected chi connectivity index (χ3v) is 4.55. The van der Waals surface area contributed by atoms with Crippen LogP contribution in [-0.4, -0.2) is 34.8 Å². The second kappa shape index (κ2) is 8.41. The predicted octanol–water partition coefficient (Wildman–Crippen LogP) is 5.30. The van der Waals surface area contributed by atoms with Crippen LogP contribution in [0.15, 0.2) is 48.8 Å². The number of benzene rings is 1. The Balaban J connectivity index is 1.86. The van der Waals surface area contributed by atoms with Crippen LogP contribution in [0.2, 0.25) is 0 Å². The van der Waals surface area contributed by atoms with Crippen LogP contribution in [0.25, 0.3) is 11.3 Å². The van der Waals surface area contributed by atoms with Crippen LogP contribution in [0, 0.1) is 11.6 Å². The second-order valence-electron chi connectivity index (χ2n) is 8.17. The van der Waals surface area contributed by atoms with E-state index in [1.54, 1.807) is 51.4 Å². The van der Waals surface area contributed by atoms with E-state index in [1.807, 2.05) is 0 Å². The largest absolute Gasteiger partial charge is 0.486 e. The van der Waals surface area contributed by atoms with Gasteiger partial charge in [0.2, 0.25) is 0 Å². The van der Waals surface area contributed by atoms with Crippen molar-refractivity contribution in [1.29, 1.82) is 0 Å². The number of rotatable bonds is 3. The molecule has 0 bridgehead atoms. The van der Waals surface area contributed by atoms with Gasteiger partial charge in [0.1, 0.15) is 23.8 Å². The number of halogens is 2. The molecule has 0 spiro atoms. The highest BCUT2D eigenvalue weighted by atomic mass is 19.1. The third-order valence-electron chi connectivity index (χ3n) is 4.55. The van der Waals surface area contributed by atoms with Crippen molar-refractivity contribution in [3.63, 3.8) is 0 Å². The van der Waals surface area contributed by atoms with Crippen molar-refractivity contribution >= 4 is 23.3 Å². The molecule has 7 nitrogen and oxygen atoms in total. The van der Waals surface area contributed by atoms with Crippen LogP contribution in [0.5, 0.6) is 5.75 Å². The number of nitrogens with zero attached hydrogens (tertiary/aromatic N) is 3. The van der Waals surface area contributed by atoms with Gasteiger partial charge in [0.05, 0.1) is 17.9 Å². The summed E-state index contributed by atoms with van der Waals surface area (Å²) in [7, 11) is 0. The van der Waals surface area contributed by atoms with Crippen LogP contribution in [-0.2, 0) is 4.74 Å². The van der Waals surface area contributed by atoms with Gasteiger partial charge in [0.25, 0.3) is 0 Å². The maximum Gasteiger partial charge on any atom is 0.416 e. The quantitative estimate of drug-likeness (QED) is 0.596. The zero-order chi connectivity index (χ0) is 22.9. The molecular formula is C23H22F2N4O3. The van der Waals surface area contributed by atoms with Gasteiger partial charge in [-0.3, -0.25) is 9.88 Å². The zero-order valence-corrected chi connectivity index (χ0v) is 17.9. The van der Waals surface area contributed by atoms with Crippen LogP contribution in [0.1, 0.15) is 20.8 Å². The number of aromatic nitrogens is 2. The van der Waals surface area contributed by atoms with E-state index in [0.29, 0.717) is 17.1 Å². The number of carbonyl (C=O) groups is 1. The summed E-state index contributed by atoms with van der Waals surface area (Å²) in [5, 5.41) is 3.18. The number of amides is 1. The molecule has 3 aromatic rings. The lowest BCUT2D eigenvalue weighted by atomic mass is 10.1. The standard InChI is InChI=1S/C23H22F2N4O3/c1-23(2,3)32-22(30)29-10-11-31-20-19(27-15-6-8-26-9-7-15)13-18(28-21(20)29)16-12-14(24)4-5-17(16)25/h4-9,12-13H,10-11H2,1-3H3,(H,26,27,28). The minimum Gasteiger partial charge on any atom is -0.486 e. The number of anilines is 3. The summed E-state index contributed by atoms with van der Waals surface area (Å²) < 4.78 is 39.8.